The zero-order valence-electron chi connectivity index (χ0n) is 22.6. The third-order valence-corrected chi connectivity index (χ3v) is 7.70. The van der Waals surface area contributed by atoms with Crippen LogP contribution in [0, 0.1) is 3.57 Å². The fourth-order valence-corrected chi connectivity index (χ4v) is 5.99. The summed E-state index contributed by atoms with van der Waals surface area (Å²) in [7, 11) is 2.71. The molecular formula is C28H27IN2O9S. The number of esters is 1. The number of fused-ring (bicyclic) bond motifs is 1. The molecule has 2 aromatic carbocycles. The maximum absolute atomic E-state index is 13.8. The van der Waals surface area contributed by atoms with Crippen LogP contribution in [0.1, 0.15) is 31.0 Å². The number of thiazole rings is 1. The van der Waals surface area contributed by atoms with Crippen LogP contribution in [0.5, 0.6) is 23.0 Å². The molecule has 1 N–H and O–H groups in total. The predicted octanol–water partition coefficient (Wildman–Crippen LogP) is 2.89. The molecule has 2 heterocycles. The van der Waals surface area contributed by atoms with E-state index in [1.165, 1.54) is 25.0 Å². The molecule has 0 aliphatic carbocycles. The SMILES string of the molecule is CCOc1ccc([C@@H]2C(C(=O)OC)=CN=c3s/c(=C\c4cc(I)c(OCC(=O)O)c(OC)c4)c(=O)n32)cc1OCC. The number of carboxylic acid groups (broad SMARTS) is 1. The molecule has 0 radical (unpaired) electrons. The number of aromatic nitrogens is 1. The van der Waals surface area contributed by atoms with Crippen LogP contribution < -0.4 is 33.8 Å². The Kier molecular flexibility index (Phi) is 9.70. The number of rotatable bonds is 11. The fourth-order valence-electron chi connectivity index (χ4n) is 4.24. The molecule has 41 heavy (non-hydrogen) atoms. The van der Waals surface area contributed by atoms with Gasteiger partial charge in [0.25, 0.3) is 5.56 Å². The zero-order valence-corrected chi connectivity index (χ0v) is 25.6. The van der Waals surface area contributed by atoms with E-state index in [-0.39, 0.29) is 16.9 Å². The van der Waals surface area contributed by atoms with Gasteiger partial charge in [-0.3, -0.25) is 9.36 Å². The second-order valence-corrected chi connectivity index (χ2v) is 10.6. The number of carbonyl (C=O) groups excluding carboxylic acids is 1. The lowest BCUT2D eigenvalue weighted by Gasteiger charge is -2.23. The smallest absolute Gasteiger partial charge is 0.341 e. The molecule has 0 fully saturated rings. The van der Waals surface area contributed by atoms with Crippen molar-refractivity contribution < 1.29 is 38.4 Å². The minimum absolute atomic E-state index is 0.189. The lowest BCUT2D eigenvalue weighted by Crippen LogP contribution is -2.39. The first kappa shape index (κ1) is 30.1. The predicted molar refractivity (Wildman–Crippen MR) is 159 cm³/mol. The topological polar surface area (TPSA) is 135 Å². The van der Waals surface area contributed by atoms with Gasteiger partial charge >= 0.3 is 11.9 Å². The molecule has 0 saturated heterocycles. The first-order valence-electron chi connectivity index (χ1n) is 12.4. The van der Waals surface area contributed by atoms with Gasteiger partial charge in [-0.05, 0) is 77.9 Å². The normalized spacial score (nSPS) is 14.4. The molecule has 3 aromatic rings. The Morgan fingerprint density at radius 2 is 1.80 bits per heavy atom. The molecule has 1 aromatic heterocycles. The van der Waals surface area contributed by atoms with Crippen LogP contribution in [0.15, 0.2) is 51.9 Å². The number of carboxylic acids is 1. The number of ether oxygens (including phenoxy) is 5. The minimum Gasteiger partial charge on any atom is -0.493 e. The highest BCUT2D eigenvalue weighted by molar-refractivity contribution is 14.1. The van der Waals surface area contributed by atoms with Crippen LogP contribution in [0.4, 0.5) is 0 Å². The number of hydrogen-bond donors (Lipinski definition) is 1. The summed E-state index contributed by atoms with van der Waals surface area (Å²) in [6, 6.07) is 7.85. The van der Waals surface area contributed by atoms with Crippen molar-refractivity contribution in [1.29, 1.82) is 0 Å². The van der Waals surface area contributed by atoms with Gasteiger partial charge in [0.2, 0.25) is 0 Å². The number of carbonyl (C=O) groups is 2. The first-order valence-corrected chi connectivity index (χ1v) is 14.3. The van der Waals surface area contributed by atoms with E-state index < -0.39 is 24.6 Å². The van der Waals surface area contributed by atoms with Crippen molar-refractivity contribution in [2.45, 2.75) is 19.9 Å². The van der Waals surface area contributed by atoms with Crippen LogP contribution in [-0.2, 0) is 14.3 Å². The standard InChI is InChI=1S/C28H27IN2O9S/c1-5-38-19-8-7-16(12-20(19)39-6-2)24-17(27(35)37-4)13-30-28-31(24)26(34)22(41-28)11-15-9-18(29)25(21(10-15)36-3)40-14-23(32)33/h7-13,24H,5-6,14H2,1-4H3,(H,32,33)/b22-11-/t24-/m1/s1. The van der Waals surface area contributed by atoms with Crippen LogP contribution in [-0.4, -0.2) is 55.7 Å². The zero-order chi connectivity index (χ0) is 29.7. The Morgan fingerprint density at radius 3 is 2.46 bits per heavy atom. The first-order chi connectivity index (χ1) is 19.7. The molecule has 1 aliphatic heterocycles. The average molecular weight is 694 g/mol. The summed E-state index contributed by atoms with van der Waals surface area (Å²) in [5.41, 5.74) is 1.07. The summed E-state index contributed by atoms with van der Waals surface area (Å²) >= 11 is 3.18. The lowest BCUT2D eigenvalue weighted by molar-refractivity contribution is -0.139. The number of halogens is 1. The third-order valence-electron chi connectivity index (χ3n) is 5.90. The summed E-state index contributed by atoms with van der Waals surface area (Å²) < 4.78 is 29.7. The van der Waals surface area contributed by atoms with Crippen LogP contribution in [0.2, 0.25) is 0 Å². The van der Waals surface area contributed by atoms with Crippen molar-refractivity contribution in [3.8, 4) is 23.0 Å². The second kappa shape index (κ2) is 13.2. The monoisotopic (exact) mass is 694 g/mol. The molecule has 13 heteroatoms. The van der Waals surface area contributed by atoms with Crippen LogP contribution >= 0.6 is 33.9 Å². The molecule has 1 atom stereocenters. The van der Waals surface area contributed by atoms with E-state index in [0.29, 0.717) is 54.5 Å². The Labute approximate surface area is 252 Å². The molecule has 11 nitrogen and oxygen atoms in total. The summed E-state index contributed by atoms with van der Waals surface area (Å²) in [5, 5.41) is 8.98. The highest BCUT2D eigenvalue weighted by atomic mass is 127. The van der Waals surface area contributed by atoms with Gasteiger partial charge in [-0.15, -0.1) is 0 Å². The molecule has 216 valence electrons. The molecule has 0 spiro atoms. The van der Waals surface area contributed by atoms with Crippen molar-refractivity contribution in [2.75, 3.05) is 34.0 Å². The Morgan fingerprint density at radius 1 is 1.07 bits per heavy atom. The molecule has 0 amide bonds. The van der Waals surface area contributed by atoms with Crippen molar-refractivity contribution in [2.24, 2.45) is 4.99 Å². The van der Waals surface area contributed by atoms with E-state index in [4.69, 9.17) is 28.8 Å². The Balaban J connectivity index is 1.86. The van der Waals surface area contributed by atoms with Crippen molar-refractivity contribution in [3.05, 3.63) is 76.5 Å². The van der Waals surface area contributed by atoms with E-state index in [9.17, 15) is 14.4 Å². The second-order valence-electron chi connectivity index (χ2n) is 8.46. The van der Waals surface area contributed by atoms with Crippen LogP contribution in [0.3, 0.4) is 0 Å². The van der Waals surface area contributed by atoms with E-state index >= 15 is 0 Å². The molecule has 1 aliphatic rings. The summed E-state index contributed by atoms with van der Waals surface area (Å²) in [6.07, 6.45) is 3.10. The summed E-state index contributed by atoms with van der Waals surface area (Å²) in [4.78, 5) is 42.4. The molecule has 4 rings (SSSR count). The lowest BCUT2D eigenvalue weighted by atomic mass is 9.97. The summed E-state index contributed by atoms with van der Waals surface area (Å²) in [6.45, 7) is 4.04. The van der Waals surface area contributed by atoms with E-state index in [2.05, 4.69) is 4.99 Å². The van der Waals surface area contributed by atoms with Gasteiger partial charge < -0.3 is 28.8 Å². The number of benzene rings is 2. The maximum atomic E-state index is 13.8. The van der Waals surface area contributed by atoms with Gasteiger partial charge in [-0.25, -0.2) is 14.6 Å². The highest BCUT2D eigenvalue weighted by Gasteiger charge is 2.31. The summed E-state index contributed by atoms with van der Waals surface area (Å²) in [5.74, 6) is -0.0836. The van der Waals surface area contributed by atoms with Gasteiger partial charge in [0.1, 0.15) is 0 Å². The largest absolute Gasteiger partial charge is 0.493 e. The van der Waals surface area contributed by atoms with Crippen molar-refractivity contribution in [1.82, 2.24) is 4.57 Å². The third kappa shape index (κ3) is 6.40. The van der Waals surface area contributed by atoms with Gasteiger partial charge in [0.05, 0.1) is 47.2 Å². The van der Waals surface area contributed by atoms with Gasteiger partial charge in [0, 0.05) is 6.20 Å². The van der Waals surface area contributed by atoms with Crippen LogP contribution in [0.25, 0.3) is 6.08 Å². The van der Waals surface area contributed by atoms with E-state index in [1.807, 2.05) is 36.4 Å². The van der Waals surface area contributed by atoms with E-state index in [1.54, 1.807) is 36.4 Å². The van der Waals surface area contributed by atoms with Crippen molar-refractivity contribution >= 4 is 51.9 Å². The average Bonchev–Trinajstić information content (AvgIpc) is 3.27. The molecule has 0 bridgehead atoms. The van der Waals surface area contributed by atoms with Crippen molar-refractivity contribution in [3.63, 3.8) is 0 Å². The molecule has 0 unspecified atom stereocenters. The van der Waals surface area contributed by atoms with E-state index in [0.717, 1.165) is 11.3 Å². The highest BCUT2D eigenvalue weighted by Crippen LogP contribution is 2.36. The minimum atomic E-state index is -1.12. The van der Waals surface area contributed by atoms with Gasteiger partial charge in [-0.2, -0.15) is 0 Å². The number of nitrogens with zero attached hydrogens (tertiary/aromatic N) is 2. The molecular weight excluding hydrogens is 667 g/mol. The maximum Gasteiger partial charge on any atom is 0.341 e. The Hall–Kier alpha value is -3.85. The fraction of sp³-hybridized carbons (Fsp3) is 0.286. The number of aliphatic carboxylic acids is 1. The Bertz CT molecular complexity index is 1690. The van der Waals surface area contributed by atoms with Gasteiger partial charge in [0.15, 0.2) is 34.4 Å². The quantitative estimate of drug-likeness (QED) is 0.238. The number of hydrogen-bond acceptors (Lipinski definition) is 10. The number of methoxy groups -OCH3 is 2. The molecule has 0 saturated carbocycles. The van der Waals surface area contributed by atoms with Gasteiger partial charge in [-0.1, -0.05) is 17.4 Å².